The van der Waals surface area contributed by atoms with Crippen LogP contribution in [0.25, 0.3) is 0 Å². The first kappa shape index (κ1) is 13.9. The van der Waals surface area contributed by atoms with Crippen LogP contribution in [-0.2, 0) is 5.33 Å². The summed E-state index contributed by atoms with van der Waals surface area (Å²) >= 11 is 3.53. The molecule has 3 heteroatoms. The summed E-state index contributed by atoms with van der Waals surface area (Å²) in [5.41, 5.74) is 4.12. The van der Waals surface area contributed by atoms with Gasteiger partial charge in [-0.1, -0.05) is 22.0 Å². The van der Waals surface area contributed by atoms with Gasteiger partial charge >= 0.3 is 0 Å². The van der Waals surface area contributed by atoms with Crippen LogP contribution in [0.2, 0.25) is 0 Å². The van der Waals surface area contributed by atoms with E-state index in [9.17, 15) is 0 Å². The third-order valence-corrected chi connectivity index (χ3v) is 4.72. The fraction of sp³-hybridized carbons (Fsp3) is 0.600. The van der Waals surface area contributed by atoms with Crippen LogP contribution in [0.15, 0.2) is 18.2 Å². The lowest BCUT2D eigenvalue weighted by molar-refractivity contribution is 0.253. The topological polar surface area (TPSA) is 6.48 Å². The van der Waals surface area contributed by atoms with E-state index in [-0.39, 0.29) is 0 Å². The molecule has 1 aromatic rings. The van der Waals surface area contributed by atoms with Gasteiger partial charge in [0.25, 0.3) is 0 Å². The van der Waals surface area contributed by atoms with Crippen molar-refractivity contribution in [2.75, 3.05) is 32.1 Å². The zero-order chi connectivity index (χ0) is 13.1. The highest BCUT2D eigenvalue weighted by Crippen LogP contribution is 2.24. The number of likely N-dealkylation sites (tertiary alicyclic amines) is 1. The maximum absolute atomic E-state index is 3.53. The number of alkyl halides is 1. The minimum atomic E-state index is 0.690. The Bertz CT molecular complexity index is 397. The molecule has 0 N–H and O–H groups in total. The standard InChI is InChI=1S/C15H23BrN2/c1-12-10-15(5-4-13(12)11-16)18(3)14-6-8-17(2)9-7-14/h4-5,10,14H,6-9,11H2,1-3H3. The summed E-state index contributed by atoms with van der Waals surface area (Å²) in [5, 5.41) is 0.942. The van der Waals surface area contributed by atoms with Crippen molar-refractivity contribution in [3.63, 3.8) is 0 Å². The van der Waals surface area contributed by atoms with Crippen molar-refractivity contribution in [2.24, 2.45) is 0 Å². The van der Waals surface area contributed by atoms with Gasteiger partial charge in [-0.3, -0.25) is 0 Å². The molecule has 0 aromatic heterocycles. The molecule has 1 fully saturated rings. The van der Waals surface area contributed by atoms with Crippen LogP contribution < -0.4 is 4.90 Å². The lowest BCUT2D eigenvalue weighted by Gasteiger charge is -2.36. The van der Waals surface area contributed by atoms with E-state index in [4.69, 9.17) is 0 Å². The number of rotatable bonds is 3. The Labute approximate surface area is 119 Å². The molecular weight excluding hydrogens is 288 g/mol. The van der Waals surface area contributed by atoms with Crippen molar-refractivity contribution in [2.45, 2.75) is 31.1 Å². The van der Waals surface area contributed by atoms with Crippen molar-refractivity contribution in [1.82, 2.24) is 4.90 Å². The van der Waals surface area contributed by atoms with Crippen LogP contribution in [-0.4, -0.2) is 38.1 Å². The number of anilines is 1. The SMILES string of the molecule is Cc1cc(N(C)C2CCN(C)CC2)ccc1CBr. The summed E-state index contributed by atoms with van der Waals surface area (Å²) in [6.07, 6.45) is 2.54. The summed E-state index contributed by atoms with van der Waals surface area (Å²) < 4.78 is 0. The van der Waals surface area contributed by atoms with E-state index in [1.54, 1.807) is 0 Å². The van der Waals surface area contributed by atoms with Crippen LogP contribution in [0.3, 0.4) is 0 Å². The van der Waals surface area contributed by atoms with Gasteiger partial charge in [-0.05, 0) is 63.2 Å². The first-order chi connectivity index (χ1) is 8.61. The molecule has 0 saturated carbocycles. The highest BCUT2D eigenvalue weighted by Gasteiger charge is 2.20. The number of hydrogen-bond donors (Lipinski definition) is 0. The number of hydrogen-bond acceptors (Lipinski definition) is 2. The number of aryl methyl sites for hydroxylation is 1. The molecule has 1 aliphatic rings. The zero-order valence-corrected chi connectivity index (χ0v) is 13.2. The smallest absolute Gasteiger partial charge is 0.0368 e. The highest BCUT2D eigenvalue weighted by atomic mass is 79.9. The van der Waals surface area contributed by atoms with E-state index in [0.717, 1.165) is 5.33 Å². The van der Waals surface area contributed by atoms with Crippen LogP contribution in [0.1, 0.15) is 24.0 Å². The molecule has 0 aliphatic carbocycles. The molecule has 0 unspecified atom stereocenters. The van der Waals surface area contributed by atoms with E-state index in [0.29, 0.717) is 6.04 Å². The lowest BCUT2D eigenvalue weighted by Crippen LogP contribution is -2.42. The van der Waals surface area contributed by atoms with Gasteiger partial charge in [0.2, 0.25) is 0 Å². The second-order valence-electron chi connectivity index (χ2n) is 5.39. The largest absolute Gasteiger partial charge is 0.372 e. The van der Waals surface area contributed by atoms with Crippen molar-refractivity contribution in [1.29, 1.82) is 0 Å². The van der Waals surface area contributed by atoms with E-state index < -0.39 is 0 Å². The van der Waals surface area contributed by atoms with Crippen LogP contribution >= 0.6 is 15.9 Å². The Kier molecular flexibility index (Phi) is 4.68. The monoisotopic (exact) mass is 310 g/mol. The van der Waals surface area contributed by atoms with Crippen molar-refractivity contribution in [3.8, 4) is 0 Å². The van der Waals surface area contributed by atoms with Gasteiger partial charge in [-0.25, -0.2) is 0 Å². The number of nitrogens with zero attached hydrogens (tertiary/aromatic N) is 2. The molecule has 100 valence electrons. The van der Waals surface area contributed by atoms with Crippen LogP contribution in [0, 0.1) is 6.92 Å². The molecule has 0 bridgehead atoms. The molecule has 1 aliphatic heterocycles. The predicted octanol–water partition coefficient (Wildman–Crippen LogP) is 3.42. The first-order valence-corrected chi connectivity index (χ1v) is 7.81. The molecule has 2 rings (SSSR count). The average molecular weight is 311 g/mol. The summed E-state index contributed by atoms with van der Waals surface area (Å²) in [5.74, 6) is 0. The van der Waals surface area contributed by atoms with Crippen molar-refractivity contribution in [3.05, 3.63) is 29.3 Å². The van der Waals surface area contributed by atoms with Gasteiger partial charge in [0, 0.05) is 24.1 Å². The summed E-state index contributed by atoms with van der Waals surface area (Å²) in [7, 11) is 4.45. The second kappa shape index (κ2) is 6.07. The maximum atomic E-state index is 3.53. The quantitative estimate of drug-likeness (QED) is 0.789. The molecule has 0 radical (unpaired) electrons. The third kappa shape index (κ3) is 3.07. The van der Waals surface area contributed by atoms with E-state index in [1.165, 1.54) is 42.7 Å². The molecule has 0 amide bonds. The number of piperidine rings is 1. The van der Waals surface area contributed by atoms with Crippen LogP contribution in [0.5, 0.6) is 0 Å². The van der Waals surface area contributed by atoms with Gasteiger partial charge in [-0.15, -0.1) is 0 Å². The van der Waals surface area contributed by atoms with Gasteiger partial charge in [-0.2, -0.15) is 0 Å². The summed E-state index contributed by atoms with van der Waals surface area (Å²) in [4.78, 5) is 4.88. The van der Waals surface area contributed by atoms with Crippen molar-refractivity contribution >= 4 is 21.6 Å². The van der Waals surface area contributed by atoms with Gasteiger partial charge in [0.1, 0.15) is 0 Å². The third-order valence-electron chi connectivity index (χ3n) is 4.11. The molecule has 2 nitrogen and oxygen atoms in total. The van der Waals surface area contributed by atoms with Crippen LogP contribution in [0.4, 0.5) is 5.69 Å². The number of halogens is 1. The fourth-order valence-corrected chi connectivity index (χ4v) is 3.27. The van der Waals surface area contributed by atoms with E-state index in [1.807, 2.05) is 0 Å². The van der Waals surface area contributed by atoms with Gasteiger partial charge in [0.05, 0.1) is 0 Å². The fourth-order valence-electron chi connectivity index (χ4n) is 2.64. The van der Waals surface area contributed by atoms with Crippen molar-refractivity contribution < 1.29 is 0 Å². The Morgan fingerprint density at radius 3 is 2.56 bits per heavy atom. The second-order valence-corrected chi connectivity index (χ2v) is 5.95. The molecule has 0 spiro atoms. The van der Waals surface area contributed by atoms with E-state index >= 15 is 0 Å². The molecule has 1 heterocycles. The summed E-state index contributed by atoms with van der Waals surface area (Å²) in [6, 6.07) is 7.50. The minimum Gasteiger partial charge on any atom is -0.372 e. The lowest BCUT2D eigenvalue weighted by atomic mass is 10.0. The van der Waals surface area contributed by atoms with Gasteiger partial charge < -0.3 is 9.80 Å². The maximum Gasteiger partial charge on any atom is 0.0368 e. The number of benzene rings is 1. The predicted molar refractivity (Wildman–Crippen MR) is 82.7 cm³/mol. The summed E-state index contributed by atoms with van der Waals surface area (Å²) in [6.45, 7) is 4.63. The Hall–Kier alpha value is -0.540. The van der Waals surface area contributed by atoms with Gasteiger partial charge in [0.15, 0.2) is 0 Å². The average Bonchev–Trinajstić information content (AvgIpc) is 2.38. The van der Waals surface area contributed by atoms with E-state index in [2.05, 4.69) is 64.9 Å². The molecular formula is C15H23BrN2. The minimum absolute atomic E-state index is 0.690. The zero-order valence-electron chi connectivity index (χ0n) is 11.6. The first-order valence-electron chi connectivity index (χ1n) is 6.68. The molecule has 18 heavy (non-hydrogen) atoms. The Morgan fingerprint density at radius 2 is 2.00 bits per heavy atom. The Balaban J connectivity index is 2.08. The molecule has 1 aromatic carbocycles. The normalized spacial score (nSPS) is 18.0. The molecule has 1 saturated heterocycles. The molecule has 0 atom stereocenters. The Morgan fingerprint density at radius 1 is 1.33 bits per heavy atom. The highest BCUT2D eigenvalue weighted by molar-refractivity contribution is 9.08.